The van der Waals surface area contributed by atoms with Crippen molar-refractivity contribution in [2.75, 3.05) is 13.7 Å². The van der Waals surface area contributed by atoms with Crippen molar-refractivity contribution >= 4 is 15.9 Å². The number of nitrogens with one attached hydrogen (secondary N) is 1. The van der Waals surface area contributed by atoms with Crippen molar-refractivity contribution in [2.24, 2.45) is 0 Å². The van der Waals surface area contributed by atoms with Crippen LogP contribution in [-0.4, -0.2) is 19.3 Å². The van der Waals surface area contributed by atoms with E-state index in [0.717, 1.165) is 29.8 Å². The van der Waals surface area contributed by atoms with Gasteiger partial charge in [0.05, 0.1) is 11.6 Å². The summed E-state index contributed by atoms with van der Waals surface area (Å²) in [5, 5.41) is 3.47. The Morgan fingerprint density at radius 2 is 2.31 bits per heavy atom. The lowest BCUT2D eigenvalue weighted by Crippen LogP contribution is -2.48. The number of hydrogen-bond acceptors (Lipinski definition) is 3. The average molecular weight is 288 g/mol. The SMILES string of the molecule is COC1(CNC(C)c2ccc(Br)o2)CCC1. The summed E-state index contributed by atoms with van der Waals surface area (Å²) in [6, 6.07) is 4.13. The van der Waals surface area contributed by atoms with Gasteiger partial charge in [-0.25, -0.2) is 0 Å². The van der Waals surface area contributed by atoms with Gasteiger partial charge in [0.2, 0.25) is 0 Å². The number of rotatable bonds is 5. The Morgan fingerprint density at radius 3 is 2.75 bits per heavy atom. The number of methoxy groups -OCH3 is 1. The monoisotopic (exact) mass is 287 g/mol. The lowest BCUT2D eigenvalue weighted by molar-refractivity contribution is -0.0709. The molecule has 90 valence electrons. The number of halogens is 1. The molecule has 0 aromatic carbocycles. The van der Waals surface area contributed by atoms with Crippen molar-refractivity contribution in [3.05, 3.63) is 22.6 Å². The van der Waals surface area contributed by atoms with Crippen LogP contribution < -0.4 is 5.32 Å². The molecule has 0 spiro atoms. The molecular formula is C12H18BrNO2. The molecule has 0 saturated heterocycles. The quantitative estimate of drug-likeness (QED) is 0.903. The fraction of sp³-hybridized carbons (Fsp3) is 0.667. The lowest BCUT2D eigenvalue weighted by atomic mass is 9.80. The average Bonchev–Trinajstić information content (AvgIpc) is 2.64. The first-order chi connectivity index (χ1) is 7.65. The van der Waals surface area contributed by atoms with Crippen LogP contribution in [0.5, 0.6) is 0 Å². The van der Waals surface area contributed by atoms with Crippen molar-refractivity contribution in [2.45, 2.75) is 37.8 Å². The van der Waals surface area contributed by atoms with Gasteiger partial charge in [0.25, 0.3) is 0 Å². The van der Waals surface area contributed by atoms with Gasteiger partial charge in [-0.2, -0.15) is 0 Å². The van der Waals surface area contributed by atoms with Crippen molar-refractivity contribution in [1.82, 2.24) is 5.32 Å². The maximum absolute atomic E-state index is 5.56. The summed E-state index contributed by atoms with van der Waals surface area (Å²) in [6.07, 6.45) is 3.59. The van der Waals surface area contributed by atoms with Gasteiger partial charge in [-0.15, -0.1) is 0 Å². The largest absolute Gasteiger partial charge is 0.453 e. The summed E-state index contributed by atoms with van der Waals surface area (Å²) in [6.45, 7) is 3.00. The molecule has 1 unspecified atom stereocenters. The molecule has 16 heavy (non-hydrogen) atoms. The van der Waals surface area contributed by atoms with Gasteiger partial charge in [-0.1, -0.05) is 0 Å². The molecule has 4 heteroatoms. The maximum atomic E-state index is 5.56. The molecule has 1 saturated carbocycles. The summed E-state index contributed by atoms with van der Waals surface area (Å²) in [5.41, 5.74) is 0.0675. The highest BCUT2D eigenvalue weighted by atomic mass is 79.9. The Kier molecular flexibility index (Phi) is 3.72. The summed E-state index contributed by atoms with van der Waals surface area (Å²) in [5.74, 6) is 0.956. The Bertz CT molecular complexity index is 341. The standard InChI is InChI=1S/C12H18BrNO2/c1-9(10-4-5-11(13)16-10)14-8-12(15-2)6-3-7-12/h4-5,9,14H,3,6-8H2,1-2H3. The van der Waals surface area contributed by atoms with E-state index >= 15 is 0 Å². The topological polar surface area (TPSA) is 34.4 Å². The number of hydrogen-bond donors (Lipinski definition) is 1. The highest BCUT2D eigenvalue weighted by Crippen LogP contribution is 2.34. The second kappa shape index (κ2) is 4.90. The molecule has 1 aliphatic rings. The Morgan fingerprint density at radius 1 is 1.56 bits per heavy atom. The van der Waals surface area contributed by atoms with Gasteiger partial charge >= 0.3 is 0 Å². The van der Waals surface area contributed by atoms with Crippen LogP contribution in [-0.2, 0) is 4.74 Å². The second-order valence-electron chi connectivity index (χ2n) is 4.49. The van der Waals surface area contributed by atoms with Crippen molar-refractivity contribution in [1.29, 1.82) is 0 Å². The van der Waals surface area contributed by atoms with Crippen LogP contribution in [0.1, 0.15) is 38.0 Å². The van der Waals surface area contributed by atoms with Gasteiger partial charge in [0.15, 0.2) is 4.67 Å². The molecule has 1 atom stereocenters. The van der Waals surface area contributed by atoms with Crippen LogP contribution in [0.2, 0.25) is 0 Å². The fourth-order valence-electron chi connectivity index (χ4n) is 2.02. The fourth-order valence-corrected chi connectivity index (χ4v) is 2.34. The van der Waals surface area contributed by atoms with Crippen molar-refractivity contribution in [3.8, 4) is 0 Å². The lowest BCUT2D eigenvalue weighted by Gasteiger charge is -2.41. The molecule has 0 aliphatic heterocycles. The summed E-state index contributed by atoms with van der Waals surface area (Å²) in [4.78, 5) is 0. The van der Waals surface area contributed by atoms with E-state index in [9.17, 15) is 0 Å². The molecule has 0 radical (unpaired) electrons. The minimum atomic E-state index is 0.0675. The van der Waals surface area contributed by atoms with E-state index in [1.165, 1.54) is 6.42 Å². The Hall–Kier alpha value is -0.320. The first kappa shape index (κ1) is 12.1. The Labute approximate surface area is 105 Å². The van der Waals surface area contributed by atoms with Crippen LogP contribution in [0.4, 0.5) is 0 Å². The van der Waals surface area contributed by atoms with E-state index in [0.29, 0.717) is 0 Å². The zero-order valence-electron chi connectivity index (χ0n) is 9.75. The molecule has 3 nitrogen and oxygen atoms in total. The third-order valence-corrected chi connectivity index (χ3v) is 3.88. The van der Waals surface area contributed by atoms with Gasteiger partial charge in [0.1, 0.15) is 5.76 Å². The first-order valence-corrected chi connectivity index (χ1v) is 6.48. The third-order valence-electron chi connectivity index (χ3n) is 3.45. The van der Waals surface area contributed by atoms with Crippen LogP contribution in [0.25, 0.3) is 0 Å². The first-order valence-electron chi connectivity index (χ1n) is 5.69. The molecule has 0 bridgehead atoms. The summed E-state index contributed by atoms with van der Waals surface area (Å²) < 4.78 is 11.9. The molecule has 1 heterocycles. The number of furan rings is 1. The van der Waals surface area contributed by atoms with Gasteiger partial charge < -0.3 is 14.5 Å². The smallest absolute Gasteiger partial charge is 0.169 e. The number of ether oxygens (including phenoxy) is 1. The molecule has 2 rings (SSSR count). The van der Waals surface area contributed by atoms with Crippen molar-refractivity contribution < 1.29 is 9.15 Å². The van der Waals surface area contributed by atoms with E-state index in [1.807, 2.05) is 12.1 Å². The zero-order chi connectivity index (χ0) is 11.6. The Balaban J connectivity index is 1.86. The van der Waals surface area contributed by atoms with E-state index in [4.69, 9.17) is 9.15 Å². The van der Waals surface area contributed by atoms with E-state index in [-0.39, 0.29) is 11.6 Å². The molecule has 1 N–H and O–H groups in total. The van der Waals surface area contributed by atoms with Crippen LogP contribution in [0.15, 0.2) is 21.2 Å². The summed E-state index contributed by atoms with van der Waals surface area (Å²) in [7, 11) is 1.80. The molecule has 1 aromatic rings. The highest BCUT2D eigenvalue weighted by molar-refractivity contribution is 9.10. The normalized spacial score (nSPS) is 20.4. The molecule has 1 fully saturated rings. The van der Waals surface area contributed by atoms with Gasteiger partial charge in [-0.3, -0.25) is 0 Å². The molecular weight excluding hydrogens is 270 g/mol. The van der Waals surface area contributed by atoms with E-state index in [2.05, 4.69) is 28.2 Å². The zero-order valence-corrected chi connectivity index (χ0v) is 11.3. The van der Waals surface area contributed by atoms with Gasteiger partial charge in [0, 0.05) is 13.7 Å². The second-order valence-corrected chi connectivity index (χ2v) is 5.27. The highest BCUT2D eigenvalue weighted by Gasteiger charge is 2.37. The third kappa shape index (κ3) is 2.50. The van der Waals surface area contributed by atoms with Crippen LogP contribution in [0.3, 0.4) is 0 Å². The van der Waals surface area contributed by atoms with E-state index in [1.54, 1.807) is 7.11 Å². The maximum Gasteiger partial charge on any atom is 0.169 e. The van der Waals surface area contributed by atoms with Crippen LogP contribution >= 0.6 is 15.9 Å². The molecule has 1 aliphatic carbocycles. The van der Waals surface area contributed by atoms with Crippen LogP contribution in [0, 0.1) is 0 Å². The summed E-state index contributed by atoms with van der Waals surface area (Å²) >= 11 is 3.31. The molecule has 0 amide bonds. The minimum absolute atomic E-state index is 0.0675. The molecule has 1 aromatic heterocycles. The van der Waals surface area contributed by atoms with Crippen molar-refractivity contribution in [3.63, 3.8) is 0 Å². The predicted molar refractivity (Wildman–Crippen MR) is 66.4 cm³/mol. The van der Waals surface area contributed by atoms with E-state index < -0.39 is 0 Å². The predicted octanol–water partition coefficient (Wildman–Crippen LogP) is 3.26. The van der Waals surface area contributed by atoms with Gasteiger partial charge in [-0.05, 0) is 54.2 Å². The minimum Gasteiger partial charge on any atom is -0.453 e.